The Balaban J connectivity index is 0.741. The van der Waals surface area contributed by atoms with E-state index < -0.39 is 113 Å². The molecule has 3 aromatic carbocycles. The average molecular weight is 1140 g/mol. The van der Waals surface area contributed by atoms with Gasteiger partial charge >= 0.3 is 0 Å². The fourth-order valence-corrected chi connectivity index (χ4v) is 14.4. The summed E-state index contributed by atoms with van der Waals surface area (Å²) < 4.78 is 17.6. The van der Waals surface area contributed by atoms with Crippen LogP contribution in [-0.2, 0) is 36.8 Å². The van der Waals surface area contributed by atoms with Gasteiger partial charge in [0, 0.05) is 61.9 Å². The molecule has 10 N–H and O–H groups in total. The largest absolute Gasteiger partial charge is 0.507 e. The Hall–Kier alpha value is -5.57. The van der Waals surface area contributed by atoms with Crippen LogP contribution in [0.3, 0.4) is 0 Å². The van der Waals surface area contributed by atoms with Gasteiger partial charge in [-0.2, -0.15) is 0 Å². The van der Waals surface area contributed by atoms with E-state index in [1.165, 1.54) is 45.1 Å². The lowest BCUT2D eigenvalue weighted by molar-refractivity contribution is -0.249. The Labute approximate surface area is 481 Å². The summed E-state index contributed by atoms with van der Waals surface area (Å²) in [5.41, 5.74) is -3.35. The van der Waals surface area contributed by atoms with Crippen LogP contribution in [0.25, 0.3) is 6.08 Å². The summed E-state index contributed by atoms with van der Waals surface area (Å²) in [7, 11) is 1.31. The highest BCUT2D eigenvalue weighted by Crippen LogP contribution is 2.63. The van der Waals surface area contributed by atoms with Crippen LogP contribution in [0.2, 0.25) is 0 Å². The fraction of sp³-hybridized carbons (Fsp3) is 0.609. The number of fused-ring (bicyclic) bond motifs is 4. The summed E-state index contributed by atoms with van der Waals surface area (Å²) in [6.45, 7) is 13.5. The molecule has 1 heterocycles. The molecule has 82 heavy (non-hydrogen) atoms. The van der Waals surface area contributed by atoms with Crippen LogP contribution >= 0.6 is 0 Å². The van der Waals surface area contributed by atoms with E-state index in [4.69, 9.17) is 14.2 Å². The molecule has 18 heteroatoms. The van der Waals surface area contributed by atoms with Gasteiger partial charge in [0.05, 0.1) is 53.3 Å². The second-order valence-corrected chi connectivity index (χ2v) is 25.4. The molecule has 2 amide bonds. The Morgan fingerprint density at radius 3 is 2.28 bits per heavy atom. The number of carbonyl (C=O) groups excluding carboxylic acids is 5. The van der Waals surface area contributed by atoms with Crippen molar-refractivity contribution in [3.8, 4) is 17.2 Å². The van der Waals surface area contributed by atoms with Gasteiger partial charge in [0.25, 0.3) is 0 Å². The third-order valence-corrected chi connectivity index (χ3v) is 18.9. The minimum absolute atomic E-state index is 0.0547. The van der Waals surface area contributed by atoms with E-state index in [9.17, 15) is 59.7 Å². The molecule has 18 nitrogen and oxygen atoms in total. The number of methoxy groups -OCH3 is 1. The van der Waals surface area contributed by atoms with Gasteiger partial charge < -0.3 is 65.9 Å². The molecule has 4 aliphatic carbocycles. The topological polar surface area (TPSA) is 291 Å². The maximum Gasteiger partial charge on any atom is 0.220 e. The van der Waals surface area contributed by atoms with Gasteiger partial charge in [-0.25, -0.2) is 0 Å². The summed E-state index contributed by atoms with van der Waals surface area (Å²) in [5.74, 6) is -4.23. The van der Waals surface area contributed by atoms with E-state index in [2.05, 4.69) is 61.0 Å². The molecule has 1 aliphatic heterocycles. The van der Waals surface area contributed by atoms with Crippen LogP contribution in [0.5, 0.6) is 17.2 Å². The molecule has 0 spiro atoms. The molecule has 8 rings (SSSR count). The second kappa shape index (κ2) is 25.3. The lowest BCUT2D eigenvalue weighted by Gasteiger charge is -2.61. The number of unbranched alkanes of at least 4 members (excludes halogenated alkanes) is 3. The summed E-state index contributed by atoms with van der Waals surface area (Å²) in [6.07, 6.45) is 7.64. The third-order valence-electron chi connectivity index (χ3n) is 18.9. The van der Waals surface area contributed by atoms with Crippen molar-refractivity contribution >= 4 is 35.2 Å². The number of hydrogen-bond acceptors (Lipinski definition) is 16. The molecule has 0 aromatic heterocycles. The molecule has 1 saturated heterocycles. The summed E-state index contributed by atoms with van der Waals surface area (Å²) >= 11 is 0. The number of rotatable bonds is 23. The van der Waals surface area contributed by atoms with Crippen LogP contribution in [0.1, 0.15) is 198 Å². The van der Waals surface area contributed by atoms with E-state index in [1.807, 2.05) is 26.0 Å². The van der Waals surface area contributed by atoms with Gasteiger partial charge in [-0.1, -0.05) is 88.6 Å². The molecule has 11 atom stereocenters. The fourth-order valence-electron chi connectivity index (χ4n) is 14.4. The number of phenolic OH excluding ortho intramolecular Hbond substituents is 2. The van der Waals surface area contributed by atoms with E-state index >= 15 is 0 Å². The van der Waals surface area contributed by atoms with Crippen molar-refractivity contribution in [2.24, 2.45) is 22.7 Å². The zero-order valence-corrected chi connectivity index (χ0v) is 48.8. The van der Waals surface area contributed by atoms with E-state index in [0.717, 1.165) is 75.6 Å². The van der Waals surface area contributed by atoms with Crippen LogP contribution in [0, 0.1) is 22.7 Å². The molecule has 0 bridgehead atoms. The first-order valence-electron chi connectivity index (χ1n) is 29.5. The molecule has 3 fully saturated rings. The number of amides is 2. The van der Waals surface area contributed by atoms with Crippen molar-refractivity contribution in [2.45, 2.75) is 198 Å². The number of benzene rings is 3. The van der Waals surface area contributed by atoms with Gasteiger partial charge in [-0.15, -0.1) is 0 Å². The maximum atomic E-state index is 14.0. The van der Waals surface area contributed by atoms with E-state index in [-0.39, 0.29) is 69.9 Å². The van der Waals surface area contributed by atoms with Crippen LogP contribution < -0.4 is 20.7 Å². The minimum atomic E-state index is -2.36. The Morgan fingerprint density at radius 2 is 1.57 bits per heavy atom. The number of aliphatic hydroxyl groups is 5. The minimum Gasteiger partial charge on any atom is -0.507 e. The van der Waals surface area contributed by atoms with Gasteiger partial charge in [0.2, 0.25) is 17.6 Å². The predicted molar refractivity (Wildman–Crippen MR) is 306 cm³/mol. The van der Waals surface area contributed by atoms with Crippen molar-refractivity contribution in [2.75, 3.05) is 26.8 Å². The normalized spacial score (nSPS) is 29.2. The van der Waals surface area contributed by atoms with E-state index in [1.54, 1.807) is 0 Å². The number of Topliss-reactive ketones (excluding diaryl/α,β-unsaturated/α-hetero) is 1. The highest BCUT2D eigenvalue weighted by molar-refractivity contribution is 6.31. The number of nitrogens with one attached hydrogen (secondary N) is 3. The van der Waals surface area contributed by atoms with Crippen LogP contribution in [0.4, 0.5) is 0 Å². The standard InChI is InChI=1S/C64H87N3O15/c1-37-55(72)42(32-50(81-37)82-44-34-64(79,47(69)36-68)33-41-52(44)59(76)54-53(57(41)74)56(73)40-14-12-15-43(80-7)51(40)58(54)75)67-49(71)21-20-48(70)66-31-11-9-8-10-30-65-35-39-18-16-38(17-19-39)22-27-61(4,77)28-23-46-62(5)26-13-25-60(2,3)45(62)24-29-63(46,6)78/h12,14-19,22,27,37,42,44-46,50,55,65,68,72,74,76-79H,8-11,13,20-21,23-26,28-36H2,1-7H3,(H,66,70)(H,67,71)/b27-22+/t37-,42-,44-,45-,46+,50-,55+,61-,62-,63+,64-/m0/s1. The SMILES string of the molecule is COc1cccc2c1C(=O)c1c(O)c3c(c(O)c1C2=O)C[C@@](O)(C(=O)CO)C[C@@H]3O[C@H]1C[C@H](NC(=O)CCC(=O)NCCCCCCNCc2ccc(/C=C/[C@](C)(O)CC[C@@H]3[C@@]4(C)CCCC(C)(C)[C@@H]4CC[C@@]3(C)O)cc2)[C@H](O)[C@H](C)O1. The first kappa shape index (κ1) is 62.5. The van der Waals surface area contributed by atoms with Crippen LogP contribution in [0.15, 0.2) is 48.5 Å². The number of hydrogen-bond donors (Lipinski definition) is 10. The lowest BCUT2D eigenvalue weighted by atomic mass is 9.45. The second-order valence-electron chi connectivity index (χ2n) is 25.4. The lowest BCUT2D eigenvalue weighted by Crippen LogP contribution is -2.57. The zero-order valence-electron chi connectivity index (χ0n) is 48.8. The van der Waals surface area contributed by atoms with Gasteiger partial charge in [0.1, 0.15) is 35.6 Å². The molecule has 0 unspecified atom stereocenters. The molecule has 0 radical (unpaired) electrons. The van der Waals surface area contributed by atoms with Gasteiger partial charge in [-0.3, -0.25) is 24.0 Å². The molecule has 448 valence electrons. The quantitative estimate of drug-likeness (QED) is 0.0266. The number of carbonyl (C=O) groups is 5. The number of aromatic hydroxyl groups is 2. The molecular formula is C64H87N3O15. The van der Waals surface area contributed by atoms with Crippen molar-refractivity contribution in [3.63, 3.8) is 0 Å². The Bertz CT molecular complexity index is 2880. The number of ether oxygens (including phenoxy) is 3. The van der Waals surface area contributed by atoms with Crippen molar-refractivity contribution in [1.82, 2.24) is 16.0 Å². The highest BCUT2D eigenvalue weighted by atomic mass is 16.7. The van der Waals surface area contributed by atoms with Crippen molar-refractivity contribution in [3.05, 3.63) is 93.0 Å². The maximum absolute atomic E-state index is 14.0. The number of phenols is 2. The summed E-state index contributed by atoms with van der Waals surface area (Å²) in [5, 5.41) is 88.3. The molecular weight excluding hydrogens is 1050 g/mol. The third kappa shape index (κ3) is 13.3. The van der Waals surface area contributed by atoms with Gasteiger partial charge in [0.15, 0.2) is 17.9 Å². The zero-order chi connectivity index (χ0) is 59.5. The average Bonchev–Trinajstić information content (AvgIpc) is 1.09. The van der Waals surface area contributed by atoms with Crippen LogP contribution in [-0.4, -0.2) is 133 Å². The number of aliphatic hydroxyl groups excluding tert-OH is 2. The highest BCUT2D eigenvalue weighted by Gasteiger charge is 2.58. The summed E-state index contributed by atoms with van der Waals surface area (Å²) in [6, 6.07) is 11.7. The molecule has 5 aliphatic rings. The predicted octanol–water partition coefficient (Wildman–Crippen LogP) is 6.94. The Kier molecular flexibility index (Phi) is 19.3. The first-order chi connectivity index (χ1) is 38.7. The smallest absolute Gasteiger partial charge is 0.220 e. The van der Waals surface area contributed by atoms with Crippen molar-refractivity contribution in [1.29, 1.82) is 0 Å². The van der Waals surface area contributed by atoms with Crippen molar-refractivity contribution < 1.29 is 73.9 Å². The van der Waals surface area contributed by atoms with E-state index in [0.29, 0.717) is 18.9 Å². The monoisotopic (exact) mass is 1140 g/mol. The van der Waals surface area contributed by atoms with Gasteiger partial charge in [-0.05, 0) is 119 Å². The Morgan fingerprint density at radius 1 is 0.878 bits per heavy atom. The first-order valence-corrected chi connectivity index (χ1v) is 29.5. The number of ketones is 3. The molecule has 2 saturated carbocycles. The summed E-state index contributed by atoms with van der Waals surface area (Å²) in [4.78, 5) is 66.9. The molecule has 3 aromatic rings.